The fourth-order valence-corrected chi connectivity index (χ4v) is 5.37. The summed E-state index contributed by atoms with van der Waals surface area (Å²) >= 11 is 37.4. The van der Waals surface area contributed by atoms with Crippen molar-refractivity contribution >= 4 is 92.8 Å². The van der Waals surface area contributed by atoms with Gasteiger partial charge in [0, 0.05) is 27.3 Å². The van der Waals surface area contributed by atoms with Crippen LogP contribution in [-0.4, -0.2) is 16.1 Å². The lowest BCUT2D eigenvalue weighted by molar-refractivity contribution is -0.117. The second kappa shape index (κ2) is 9.53. The predicted molar refractivity (Wildman–Crippen MR) is 137 cm³/mol. The number of benzene rings is 3. The fraction of sp³-hybridized carbons (Fsp3) is 0.130. The summed E-state index contributed by atoms with van der Waals surface area (Å²) in [6.45, 7) is 0. The number of carbonyl (C=O) groups excluding carboxylic acids is 2. The van der Waals surface area contributed by atoms with Crippen molar-refractivity contribution in [3.05, 3.63) is 91.9 Å². The SMILES string of the molecule is O=C(Nc1ccccc1)c1cc(NC(=O)C2C(c3cc(Cl)cc(Cl)c3)C2(Cl)Cl)cc(Cl)c1Cl. The summed E-state index contributed by atoms with van der Waals surface area (Å²) in [5.41, 5.74) is 1.60. The van der Waals surface area contributed by atoms with Crippen molar-refractivity contribution in [1.29, 1.82) is 0 Å². The van der Waals surface area contributed by atoms with Gasteiger partial charge in [0.2, 0.25) is 5.91 Å². The van der Waals surface area contributed by atoms with Gasteiger partial charge in [-0.2, -0.15) is 0 Å². The summed E-state index contributed by atoms with van der Waals surface area (Å²) in [5, 5.41) is 6.43. The normalized spacial score (nSPS) is 18.5. The van der Waals surface area contributed by atoms with E-state index in [0.717, 1.165) is 0 Å². The molecule has 1 saturated carbocycles. The molecule has 1 aliphatic carbocycles. The number of nitrogens with one attached hydrogen (secondary N) is 2. The number of carbonyl (C=O) groups is 2. The fourth-order valence-electron chi connectivity index (χ4n) is 3.59. The average molecular weight is 563 g/mol. The van der Waals surface area contributed by atoms with Crippen LogP contribution in [0.5, 0.6) is 0 Å². The molecular weight excluding hydrogens is 549 g/mol. The van der Waals surface area contributed by atoms with Gasteiger partial charge in [0.1, 0.15) is 4.33 Å². The molecule has 2 N–H and O–H groups in total. The van der Waals surface area contributed by atoms with Crippen LogP contribution in [0.2, 0.25) is 20.1 Å². The van der Waals surface area contributed by atoms with E-state index >= 15 is 0 Å². The molecular formula is C23H14Cl6N2O2. The molecule has 0 aliphatic heterocycles. The van der Waals surface area contributed by atoms with Gasteiger partial charge in [-0.25, -0.2) is 0 Å². The van der Waals surface area contributed by atoms with Gasteiger partial charge in [0.25, 0.3) is 5.91 Å². The lowest BCUT2D eigenvalue weighted by atomic mass is 10.1. The molecule has 2 unspecified atom stereocenters. The van der Waals surface area contributed by atoms with Gasteiger partial charge in [-0.1, -0.05) is 64.6 Å². The zero-order valence-corrected chi connectivity index (χ0v) is 21.0. The van der Waals surface area contributed by atoms with Gasteiger partial charge in [0.15, 0.2) is 0 Å². The van der Waals surface area contributed by atoms with Gasteiger partial charge in [-0.15, -0.1) is 23.2 Å². The first-order valence-corrected chi connectivity index (χ1v) is 11.8. The van der Waals surface area contributed by atoms with E-state index in [-0.39, 0.29) is 21.3 Å². The molecule has 0 radical (unpaired) electrons. The Hall–Kier alpha value is -1.66. The molecule has 2 atom stereocenters. The third kappa shape index (κ3) is 5.22. The Labute approximate surface area is 220 Å². The lowest BCUT2D eigenvalue weighted by Gasteiger charge is -2.12. The highest BCUT2D eigenvalue weighted by Crippen LogP contribution is 2.65. The number of alkyl halides is 2. The maximum Gasteiger partial charge on any atom is 0.257 e. The van der Waals surface area contributed by atoms with Crippen molar-refractivity contribution in [2.24, 2.45) is 5.92 Å². The molecule has 0 saturated heterocycles. The molecule has 3 aromatic rings. The van der Waals surface area contributed by atoms with Crippen LogP contribution in [0.1, 0.15) is 21.8 Å². The highest BCUT2D eigenvalue weighted by atomic mass is 35.5. The minimum absolute atomic E-state index is 0.0602. The van der Waals surface area contributed by atoms with E-state index in [1.54, 1.807) is 42.5 Å². The largest absolute Gasteiger partial charge is 0.326 e. The molecule has 0 bridgehead atoms. The molecule has 170 valence electrons. The van der Waals surface area contributed by atoms with Crippen molar-refractivity contribution in [3.8, 4) is 0 Å². The van der Waals surface area contributed by atoms with Crippen LogP contribution >= 0.6 is 69.6 Å². The molecule has 10 heteroatoms. The third-order valence-corrected chi connectivity index (χ3v) is 7.33. The Morgan fingerprint density at radius 3 is 2.06 bits per heavy atom. The Morgan fingerprint density at radius 1 is 0.788 bits per heavy atom. The summed E-state index contributed by atoms with van der Waals surface area (Å²) in [5.74, 6) is -2.22. The first-order chi connectivity index (χ1) is 15.6. The first kappa shape index (κ1) is 24.5. The number of amides is 2. The number of hydrogen-bond acceptors (Lipinski definition) is 2. The molecule has 4 nitrogen and oxygen atoms in total. The standard InChI is InChI=1S/C23H14Cl6N2O2/c24-12-6-11(7-13(25)8-12)18-19(23(18,28)29)22(33)31-15-9-16(20(27)17(26)10-15)21(32)30-14-4-2-1-3-5-14/h1-10,18-19H,(H,30,32)(H,31,33). The Kier molecular flexibility index (Phi) is 7.07. The second-order valence-electron chi connectivity index (χ2n) is 7.46. The van der Waals surface area contributed by atoms with Crippen LogP contribution in [0.3, 0.4) is 0 Å². The molecule has 33 heavy (non-hydrogen) atoms. The number of hydrogen-bond donors (Lipinski definition) is 2. The van der Waals surface area contributed by atoms with Crippen LogP contribution in [0.15, 0.2) is 60.7 Å². The molecule has 0 spiro atoms. The van der Waals surface area contributed by atoms with E-state index < -0.39 is 28.0 Å². The molecule has 1 fully saturated rings. The quantitative estimate of drug-likeness (QED) is 0.309. The molecule has 1 aliphatic rings. The summed E-state index contributed by atoms with van der Waals surface area (Å²) < 4.78 is -1.35. The van der Waals surface area contributed by atoms with E-state index in [2.05, 4.69) is 10.6 Å². The smallest absolute Gasteiger partial charge is 0.257 e. The number of halogens is 6. The number of rotatable bonds is 5. The zero-order chi connectivity index (χ0) is 23.9. The van der Waals surface area contributed by atoms with Gasteiger partial charge in [0.05, 0.1) is 21.5 Å². The van der Waals surface area contributed by atoms with Crippen molar-refractivity contribution in [1.82, 2.24) is 0 Å². The van der Waals surface area contributed by atoms with Crippen molar-refractivity contribution in [2.45, 2.75) is 10.3 Å². The van der Waals surface area contributed by atoms with E-state index in [1.807, 2.05) is 6.07 Å². The first-order valence-electron chi connectivity index (χ1n) is 9.58. The summed E-state index contributed by atoms with van der Waals surface area (Å²) in [6.07, 6.45) is 0. The predicted octanol–water partition coefficient (Wildman–Crippen LogP) is 8.08. The Balaban J connectivity index is 1.55. The van der Waals surface area contributed by atoms with Crippen LogP contribution in [0.4, 0.5) is 11.4 Å². The van der Waals surface area contributed by atoms with Gasteiger partial charge >= 0.3 is 0 Å². The Bertz CT molecular complexity index is 1230. The van der Waals surface area contributed by atoms with Crippen LogP contribution in [0, 0.1) is 5.92 Å². The minimum Gasteiger partial charge on any atom is -0.326 e. The zero-order valence-electron chi connectivity index (χ0n) is 16.5. The van der Waals surface area contributed by atoms with Crippen molar-refractivity contribution in [3.63, 3.8) is 0 Å². The van der Waals surface area contributed by atoms with Crippen LogP contribution in [-0.2, 0) is 4.79 Å². The second-order valence-corrected chi connectivity index (χ2v) is 10.6. The summed E-state index contributed by atoms with van der Waals surface area (Å²) in [4.78, 5) is 25.7. The third-order valence-electron chi connectivity index (χ3n) is 5.15. The van der Waals surface area contributed by atoms with Gasteiger partial charge in [-0.3, -0.25) is 9.59 Å². The van der Waals surface area contributed by atoms with E-state index in [9.17, 15) is 9.59 Å². The molecule has 4 rings (SSSR count). The van der Waals surface area contributed by atoms with E-state index in [4.69, 9.17) is 69.6 Å². The maximum absolute atomic E-state index is 13.0. The maximum atomic E-state index is 13.0. The monoisotopic (exact) mass is 560 g/mol. The highest BCUT2D eigenvalue weighted by molar-refractivity contribution is 6.53. The van der Waals surface area contributed by atoms with Gasteiger partial charge in [-0.05, 0) is 48.0 Å². The molecule has 0 aromatic heterocycles. The van der Waals surface area contributed by atoms with Crippen molar-refractivity contribution < 1.29 is 9.59 Å². The Morgan fingerprint density at radius 2 is 1.42 bits per heavy atom. The van der Waals surface area contributed by atoms with Gasteiger partial charge < -0.3 is 10.6 Å². The van der Waals surface area contributed by atoms with E-state index in [1.165, 1.54) is 12.1 Å². The molecule has 2 amide bonds. The van der Waals surface area contributed by atoms with Crippen LogP contribution in [0.25, 0.3) is 0 Å². The topological polar surface area (TPSA) is 58.2 Å². The minimum atomic E-state index is -1.35. The number of anilines is 2. The number of para-hydroxylation sites is 1. The van der Waals surface area contributed by atoms with Crippen molar-refractivity contribution in [2.75, 3.05) is 10.6 Å². The highest BCUT2D eigenvalue weighted by Gasteiger charge is 2.67. The molecule has 0 heterocycles. The van der Waals surface area contributed by atoms with E-state index in [0.29, 0.717) is 21.3 Å². The lowest BCUT2D eigenvalue weighted by Crippen LogP contribution is -2.18. The molecule has 3 aromatic carbocycles. The average Bonchev–Trinajstić information content (AvgIpc) is 3.32. The summed E-state index contributed by atoms with van der Waals surface area (Å²) in [6, 6.07) is 16.6. The summed E-state index contributed by atoms with van der Waals surface area (Å²) in [7, 11) is 0. The van der Waals surface area contributed by atoms with Crippen LogP contribution < -0.4 is 10.6 Å².